The molecule has 0 amide bonds. The Hall–Kier alpha value is -2.94. The van der Waals surface area contributed by atoms with E-state index in [0.717, 1.165) is 79.3 Å². The van der Waals surface area contributed by atoms with Crippen molar-refractivity contribution in [1.29, 1.82) is 0 Å². The van der Waals surface area contributed by atoms with Crippen LogP contribution in [0.3, 0.4) is 0 Å². The van der Waals surface area contributed by atoms with Crippen LogP contribution in [0.15, 0.2) is 47.3 Å². The smallest absolute Gasteiger partial charge is 0.253 e. The van der Waals surface area contributed by atoms with Gasteiger partial charge in [0.1, 0.15) is 5.75 Å². The van der Waals surface area contributed by atoms with Gasteiger partial charge in [-0.25, -0.2) is 0 Å². The number of aromatic nitrogens is 1. The first-order valence-electron chi connectivity index (χ1n) is 12.7. The maximum atomic E-state index is 13.1. The van der Waals surface area contributed by atoms with E-state index < -0.39 is 0 Å². The van der Waals surface area contributed by atoms with Gasteiger partial charge in [-0.15, -0.1) is 0 Å². The van der Waals surface area contributed by atoms with Gasteiger partial charge < -0.3 is 24.7 Å². The van der Waals surface area contributed by atoms with Gasteiger partial charge in [-0.3, -0.25) is 9.69 Å². The first-order valence-corrected chi connectivity index (χ1v) is 13.1. The molecule has 36 heavy (non-hydrogen) atoms. The molecule has 1 aliphatic rings. The summed E-state index contributed by atoms with van der Waals surface area (Å²) in [6.07, 6.45) is 0.939. The van der Waals surface area contributed by atoms with Crippen LogP contribution < -0.4 is 15.6 Å². The molecule has 0 bridgehead atoms. The predicted molar refractivity (Wildman–Crippen MR) is 150 cm³/mol. The van der Waals surface area contributed by atoms with Crippen molar-refractivity contribution in [1.82, 2.24) is 14.8 Å². The molecule has 192 valence electrons. The lowest BCUT2D eigenvalue weighted by atomic mass is 10.0. The summed E-state index contributed by atoms with van der Waals surface area (Å²) in [7, 11) is 0. The highest BCUT2D eigenvalue weighted by Crippen LogP contribution is 2.20. The van der Waals surface area contributed by atoms with Crippen LogP contribution in [0.25, 0.3) is 10.9 Å². The second-order valence-electron chi connectivity index (χ2n) is 9.21. The lowest BCUT2D eigenvalue weighted by molar-refractivity contribution is 0.0367. The Morgan fingerprint density at radius 2 is 1.92 bits per heavy atom. The van der Waals surface area contributed by atoms with Gasteiger partial charge >= 0.3 is 0 Å². The monoisotopic (exact) mass is 508 g/mol. The number of ether oxygens (including phenoxy) is 2. The van der Waals surface area contributed by atoms with E-state index >= 15 is 0 Å². The lowest BCUT2D eigenvalue weighted by Gasteiger charge is -2.29. The van der Waals surface area contributed by atoms with Gasteiger partial charge in [0.05, 0.1) is 31.9 Å². The molecular weight excluding hydrogens is 472 g/mol. The van der Waals surface area contributed by atoms with Gasteiger partial charge in [-0.1, -0.05) is 12.1 Å². The molecule has 1 aromatic heterocycles. The summed E-state index contributed by atoms with van der Waals surface area (Å²) >= 11 is 5.83. The number of aromatic amines is 1. The lowest BCUT2D eigenvalue weighted by Crippen LogP contribution is -2.40. The molecule has 1 fully saturated rings. The Bertz CT molecular complexity index is 1240. The molecule has 0 unspecified atom stereocenters. The standard InChI is InChI=1S/C28H36N4O3S/c1-4-35-25-10-8-24(9-11-25)29-28(36)32(13-5-12-31-14-16-34-17-15-31)19-23-18-22-7-6-20(2)21(3)26(22)30-27(23)33/h6-11,18H,4-5,12-17,19H2,1-3H3,(H,29,36)(H,30,33). The molecule has 0 atom stereocenters. The van der Waals surface area contributed by atoms with Crippen LogP contribution in [0.5, 0.6) is 5.75 Å². The third-order valence-electron chi connectivity index (χ3n) is 6.70. The van der Waals surface area contributed by atoms with E-state index in [0.29, 0.717) is 23.8 Å². The number of hydrogen-bond acceptors (Lipinski definition) is 5. The van der Waals surface area contributed by atoms with Crippen molar-refractivity contribution in [3.05, 3.63) is 69.5 Å². The van der Waals surface area contributed by atoms with Gasteiger partial charge in [0, 0.05) is 37.4 Å². The van der Waals surface area contributed by atoms with Gasteiger partial charge in [0.2, 0.25) is 0 Å². The minimum atomic E-state index is -0.0711. The molecule has 0 saturated carbocycles. The maximum absolute atomic E-state index is 13.1. The fourth-order valence-corrected chi connectivity index (χ4v) is 4.73. The largest absolute Gasteiger partial charge is 0.494 e. The summed E-state index contributed by atoms with van der Waals surface area (Å²) in [5.41, 5.74) is 4.69. The molecule has 2 aromatic carbocycles. The molecule has 4 rings (SSSR count). The molecular formula is C28H36N4O3S. The topological polar surface area (TPSA) is 69.8 Å². The zero-order chi connectivity index (χ0) is 25.5. The van der Waals surface area contributed by atoms with Gasteiger partial charge in [-0.2, -0.15) is 0 Å². The van der Waals surface area contributed by atoms with Crippen LogP contribution in [0, 0.1) is 13.8 Å². The van der Waals surface area contributed by atoms with Crippen molar-refractivity contribution in [2.24, 2.45) is 0 Å². The number of H-pyrrole nitrogens is 1. The maximum Gasteiger partial charge on any atom is 0.253 e. The van der Waals surface area contributed by atoms with Gasteiger partial charge in [0.25, 0.3) is 5.56 Å². The Kier molecular flexibility index (Phi) is 8.96. The van der Waals surface area contributed by atoms with Crippen LogP contribution in [0.1, 0.15) is 30.0 Å². The van der Waals surface area contributed by atoms with E-state index in [1.165, 1.54) is 0 Å². The predicted octanol–water partition coefficient (Wildman–Crippen LogP) is 4.46. The number of pyridine rings is 1. The Morgan fingerprint density at radius 3 is 2.64 bits per heavy atom. The number of hydrogen-bond donors (Lipinski definition) is 2. The first-order chi connectivity index (χ1) is 17.4. The van der Waals surface area contributed by atoms with Gasteiger partial charge in [0.15, 0.2) is 5.11 Å². The normalized spacial score (nSPS) is 14.1. The minimum Gasteiger partial charge on any atom is -0.494 e. The molecule has 1 aliphatic heterocycles. The summed E-state index contributed by atoms with van der Waals surface area (Å²) in [4.78, 5) is 20.7. The molecule has 0 aliphatic carbocycles. The van der Waals surface area contributed by atoms with E-state index in [1.807, 2.05) is 44.2 Å². The number of anilines is 1. The number of aryl methyl sites for hydroxylation is 2. The molecule has 2 heterocycles. The number of thiocarbonyl (C=S) groups is 1. The van der Waals surface area contributed by atoms with Crippen LogP contribution in [0.2, 0.25) is 0 Å². The van der Waals surface area contributed by atoms with E-state index in [9.17, 15) is 4.79 Å². The average Bonchev–Trinajstić information content (AvgIpc) is 2.88. The second-order valence-corrected chi connectivity index (χ2v) is 9.60. The Morgan fingerprint density at radius 1 is 1.17 bits per heavy atom. The van der Waals surface area contributed by atoms with E-state index in [-0.39, 0.29) is 5.56 Å². The number of nitrogens with zero attached hydrogens (tertiary/aromatic N) is 2. The molecule has 1 saturated heterocycles. The molecule has 7 nitrogen and oxygen atoms in total. The summed E-state index contributed by atoms with van der Waals surface area (Å²) in [5.74, 6) is 0.824. The zero-order valence-electron chi connectivity index (χ0n) is 21.4. The summed E-state index contributed by atoms with van der Waals surface area (Å²) in [6.45, 7) is 12.3. The highest BCUT2D eigenvalue weighted by Gasteiger charge is 2.16. The van der Waals surface area contributed by atoms with Crippen molar-refractivity contribution < 1.29 is 9.47 Å². The third kappa shape index (κ3) is 6.63. The van der Waals surface area contributed by atoms with Crippen LogP contribution in [-0.2, 0) is 11.3 Å². The van der Waals surface area contributed by atoms with Crippen molar-refractivity contribution in [2.75, 3.05) is 51.3 Å². The summed E-state index contributed by atoms with van der Waals surface area (Å²) in [5, 5.41) is 4.98. The molecule has 0 radical (unpaired) electrons. The van der Waals surface area contributed by atoms with Crippen molar-refractivity contribution in [3.63, 3.8) is 0 Å². The average molecular weight is 509 g/mol. The van der Waals surface area contributed by atoms with Crippen molar-refractivity contribution in [2.45, 2.75) is 33.7 Å². The van der Waals surface area contributed by atoms with Crippen LogP contribution >= 0.6 is 12.2 Å². The molecule has 2 N–H and O–H groups in total. The van der Waals surface area contributed by atoms with Crippen molar-refractivity contribution in [3.8, 4) is 5.75 Å². The number of morpholine rings is 1. The third-order valence-corrected chi connectivity index (χ3v) is 7.06. The van der Waals surface area contributed by atoms with Crippen LogP contribution in [-0.4, -0.2) is 65.9 Å². The van der Waals surface area contributed by atoms with Crippen molar-refractivity contribution >= 4 is 33.9 Å². The Labute approximate surface area is 218 Å². The number of benzene rings is 2. The van der Waals surface area contributed by atoms with Gasteiger partial charge in [-0.05, 0) is 86.3 Å². The number of rotatable bonds is 9. The molecule has 0 spiro atoms. The molecule has 3 aromatic rings. The first kappa shape index (κ1) is 26.1. The number of nitrogens with one attached hydrogen (secondary N) is 2. The summed E-state index contributed by atoms with van der Waals surface area (Å²) < 4.78 is 11.0. The van der Waals surface area contributed by atoms with E-state index in [2.05, 4.69) is 39.2 Å². The molecule has 8 heteroatoms. The Balaban J connectivity index is 1.51. The highest BCUT2D eigenvalue weighted by atomic mass is 32.1. The number of fused-ring (bicyclic) bond motifs is 1. The fourth-order valence-electron chi connectivity index (χ4n) is 4.46. The quantitative estimate of drug-likeness (QED) is 0.414. The summed E-state index contributed by atoms with van der Waals surface area (Å²) in [6, 6.07) is 13.9. The highest BCUT2D eigenvalue weighted by molar-refractivity contribution is 7.80. The SMILES string of the molecule is CCOc1ccc(NC(=S)N(CCCN2CCOCC2)Cc2cc3ccc(C)c(C)c3[nH]c2=O)cc1. The second kappa shape index (κ2) is 12.3. The fraction of sp³-hybridized carbons (Fsp3) is 0.429. The van der Waals surface area contributed by atoms with Crippen LogP contribution in [0.4, 0.5) is 5.69 Å². The van der Waals surface area contributed by atoms with E-state index in [1.54, 1.807) is 0 Å². The minimum absolute atomic E-state index is 0.0711. The zero-order valence-corrected chi connectivity index (χ0v) is 22.2. The van der Waals surface area contributed by atoms with E-state index in [4.69, 9.17) is 21.7 Å².